The molecule has 0 rings (SSSR count). The fraction of sp³-hybridized carbons (Fsp3) is 1.00. The smallest absolute Gasteiger partial charge is 0.0806 e. The Morgan fingerprint density at radius 1 is 0.722 bits per heavy atom. The van der Waals surface area contributed by atoms with Gasteiger partial charge in [-0.1, -0.05) is 33.1 Å². The Labute approximate surface area is 125 Å². The molecular formula is C15H34BrNO. The lowest BCUT2D eigenvalue weighted by atomic mass is 10.1. The minimum atomic E-state index is 0. The highest BCUT2D eigenvalue weighted by Gasteiger charge is 2.19. The third-order valence-electron chi connectivity index (χ3n) is 3.71. The standard InChI is InChI=1S/C15H34NO.BrH/c1-4-6-8-10-13-16(3,14-11-15-17)12-9-7-5-2;/h17H,4-15H2,1-3H3;1H/q+1;/p-1. The molecule has 0 aromatic carbocycles. The van der Waals surface area contributed by atoms with Gasteiger partial charge in [-0.05, 0) is 25.7 Å². The fourth-order valence-corrected chi connectivity index (χ4v) is 2.45. The minimum absolute atomic E-state index is 0. The number of aliphatic hydroxyl groups excluding tert-OH is 1. The summed E-state index contributed by atoms with van der Waals surface area (Å²) in [5.74, 6) is 0. The van der Waals surface area contributed by atoms with Crippen LogP contribution in [0, 0.1) is 0 Å². The van der Waals surface area contributed by atoms with Crippen LogP contribution in [0.15, 0.2) is 0 Å². The van der Waals surface area contributed by atoms with Crippen LogP contribution < -0.4 is 17.0 Å². The first-order valence-electron chi connectivity index (χ1n) is 7.63. The number of hydrogen-bond acceptors (Lipinski definition) is 1. The molecule has 0 radical (unpaired) electrons. The van der Waals surface area contributed by atoms with E-state index in [2.05, 4.69) is 20.9 Å². The van der Waals surface area contributed by atoms with Crippen LogP contribution in [0.4, 0.5) is 0 Å². The van der Waals surface area contributed by atoms with Crippen molar-refractivity contribution in [3.63, 3.8) is 0 Å². The van der Waals surface area contributed by atoms with Crippen molar-refractivity contribution in [2.45, 2.75) is 65.2 Å². The van der Waals surface area contributed by atoms with E-state index in [9.17, 15) is 0 Å². The van der Waals surface area contributed by atoms with Crippen LogP contribution in [0.25, 0.3) is 0 Å². The summed E-state index contributed by atoms with van der Waals surface area (Å²) < 4.78 is 1.17. The Bertz CT molecular complexity index is 167. The van der Waals surface area contributed by atoms with Gasteiger partial charge in [-0.25, -0.2) is 0 Å². The molecule has 0 aromatic heterocycles. The average Bonchev–Trinajstić information content (AvgIpc) is 2.33. The summed E-state index contributed by atoms with van der Waals surface area (Å²) in [6.07, 6.45) is 10.4. The second kappa shape index (κ2) is 13.8. The number of halogens is 1. The number of unbranched alkanes of at least 4 members (excludes halogenated alkanes) is 5. The summed E-state index contributed by atoms with van der Waals surface area (Å²) in [5, 5.41) is 9.00. The van der Waals surface area contributed by atoms with Gasteiger partial charge in [-0.15, -0.1) is 0 Å². The Morgan fingerprint density at radius 3 is 1.67 bits per heavy atom. The number of nitrogens with zero attached hydrogens (tertiary/aromatic N) is 1. The maximum atomic E-state index is 9.00. The first-order chi connectivity index (χ1) is 8.18. The monoisotopic (exact) mass is 323 g/mol. The fourth-order valence-electron chi connectivity index (χ4n) is 2.45. The lowest BCUT2D eigenvalue weighted by molar-refractivity contribution is -0.910. The van der Waals surface area contributed by atoms with Crippen molar-refractivity contribution in [1.29, 1.82) is 0 Å². The lowest BCUT2D eigenvalue weighted by Crippen LogP contribution is -3.00. The van der Waals surface area contributed by atoms with E-state index in [1.807, 2.05) is 0 Å². The van der Waals surface area contributed by atoms with E-state index < -0.39 is 0 Å². The highest BCUT2D eigenvalue weighted by atomic mass is 79.9. The van der Waals surface area contributed by atoms with E-state index in [1.54, 1.807) is 0 Å². The quantitative estimate of drug-likeness (QED) is 0.412. The van der Waals surface area contributed by atoms with Gasteiger partial charge >= 0.3 is 0 Å². The van der Waals surface area contributed by atoms with Crippen LogP contribution in [0.2, 0.25) is 0 Å². The van der Waals surface area contributed by atoms with E-state index in [0.29, 0.717) is 6.61 Å². The van der Waals surface area contributed by atoms with E-state index in [1.165, 1.54) is 62.5 Å². The van der Waals surface area contributed by atoms with Crippen molar-refractivity contribution in [2.24, 2.45) is 0 Å². The number of hydrogen-bond donors (Lipinski definition) is 1. The minimum Gasteiger partial charge on any atom is -1.00 e. The molecule has 0 saturated heterocycles. The second-order valence-corrected chi connectivity index (χ2v) is 5.64. The molecule has 1 N–H and O–H groups in total. The van der Waals surface area contributed by atoms with Crippen LogP contribution in [0.3, 0.4) is 0 Å². The molecule has 1 unspecified atom stereocenters. The summed E-state index contributed by atoms with van der Waals surface area (Å²) in [6.45, 7) is 8.60. The zero-order valence-electron chi connectivity index (χ0n) is 12.8. The van der Waals surface area contributed by atoms with E-state index in [-0.39, 0.29) is 17.0 Å². The zero-order chi connectivity index (χ0) is 13.0. The van der Waals surface area contributed by atoms with Crippen molar-refractivity contribution < 1.29 is 26.6 Å². The molecule has 0 saturated carbocycles. The van der Waals surface area contributed by atoms with Gasteiger partial charge in [0.2, 0.25) is 0 Å². The number of aliphatic hydroxyl groups is 1. The molecule has 0 aliphatic heterocycles. The topological polar surface area (TPSA) is 20.2 Å². The predicted octanol–water partition coefficient (Wildman–Crippen LogP) is 0.590. The van der Waals surface area contributed by atoms with Crippen molar-refractivity contribution in [1.82, 2.24) is 0 Å². The van der Waals surface area contributed by atoms with E-state index in [4.69, 9.17) is 5.11 Å². The van der Waals surface area contributed by atoms with Crippen LogP contribution in [-0.2, 0) is 0 Å². The molecule has 0 spiro atoms. The summed E-state index contributed by atoms with van der Waals surface area (Å²) in [5.41, 5.74) is 0. The molecule has 0 aromatic rings. The maximum Gasteiger partial charge on any atom is 0.0806 e. The Morgan fingerprint density at radius 2 is 1.17 bits per heavy atom. The van der Waals surface area contributed by atoms with Gasteiger partial charge in [0.15, 0.2) is 0 Å². The maximum absolute atomic E-state index is 9.00. The molecule has 3 heteroatoms. The van der Waals surface area contributed by atoms with Crippen LogP contribution in [-0.4, -0.2) is 42.9 Å². The molecule has 0 amide bonds. The molecular weight excluding hydrogens is 290 g/mol. The largest absolute Gasteiger partial charge is 1.00 e. The van der Waals surface area contributed by atoms with Crippen molar-refractivity contribution in [3.05, 3.63) is 0 Å². The summed E-state index contributed by atoms with van der Waals surface area (Å²) in [7, 11) is 2.37. The normalized spacial score (nSPS) is 14.0. The van der Waals surface area contributed by atoms with Gasteiger partial charge in [0.25, 0.3) is 0 Å². The lowest BCUT2D eigenvalue weighted by Gasteiger charge is -2.35. The highest BCUT2D eigenvalue weighted by molar-refractivity contribution is 4.46. The van der Waals surface area contributed by atoms with Crippen LogP contribution >= 0.6 is 0 Å². The van der Waals surface area contributed by atoms with Crippen molar-refractivity contribution in [2.75, 3.05) is 33.3 Å². The summed E-state index contributed by atoms with van der Waals surface area (Å²) in [4.78, 5) is 0. The Hall–Kier alpha value is 0.400. The van der Waals surface area contributed by atoms with Gasteiger partial charge in [0.1, 0.15) is 0 Å². The molecule has 0 aliphatic carbocycles. The Kier molecular flexibility index (Phi) is 15.9. The highest BCUT2D eigenvalue weighted by Crippen LogP contribution is 2.12. The number of rotatable bonds is 12. The molecule has 18 heavy (non-hydrogen) atoms. The summed E-state index contributed by atoms with van der Waals surface area (Å²) in [6, 6.07) is 0. The zero-order valence-corrected chi connectivity index (χ0v) is 14.3. The van der Waals surface area contributed by atoms with E-state index >= 15 is 0 Å². The SMILES string of the molecule is CCCCCC[N+](C)(CCCO)CCCCC.[Br-]. The molecule has 0 bridgehead atoms. The first kappa shape index (κ1) is 20.7. The van der Waals surface area contributed by atoms with Crippen LogP contribution in [0.5, 0.6) is 0 Å². The van der Waals surface area contributed by atoms with Gasteiger partial charge in [0.05, 0.1) is 26.7 Å². The average molecular weight is 324 g/mol. The molecule has 2 nitrogen and oxygen atoms in total. The van der Waals surface area contributed by atoms with Crippen LogP contribution in [0.1, 0.15) is 65.2 Å². The molecule has 112 valence electrons. The van der Waals surface area contributed by atoms with Gasteiger partial charge in [-0.3, -0.25) is 0 Å². The molecule has 0 fully saturated rings. The van der Waals surface area contributed by atoms with Gasteiger partial charge in [-0.2, -0.15) is 0 Å². The Balaban J connectivity index is 0. The third-order valence-corrected chi connectivity index (χ3v) is 3.71. The van der Waals surface area contributed by atoms with Crippen molar-refractivity contribution >= 4 is 0 Å². The molecule has 0 aliphatic rings. The number of quaternary nitrogens is 1. The second-order valence-electron chi connectivity index (χ2n) is 5.64. The molecule has 1 atom stereocenters. The predicted molar refractivity (Wildman–Crippen MR) is 76.2 cm³/mol. The van der Waals surface area contributed by atoms with Gasteiger partial charge in [0, 0.05) is 13.0 Å². The summed E-state index contributed by atoms with van der Waals surface area (Å²) >= 11 is 0. The first-order valence-corrected chi connectivity index (χ1v) is 7.63. The van der Waals surface area contributed by atoms with E-state index in [0.717, 1.165) is 13.0 Å². The molecule has 0 heterocycles. The third kappa shape index (κ3) is 11.5. The van der Waals surface area contributed by atoms with Gasteiger partial charge < -0.3 is 26.6 Å². The van der Waals surface area contributed by atoms with Crippen molar-refractivity contribution in [3.8, 4) is 0 Å².